The molecule has 0 bridgehead atoms. The number of hydrogen-bond acceptors (Lipinski definition) is 6. The summed E-state index contributed by atoms with van der Waals surface area (Å²) in [6, 6.07) is 4.46. The zero-order valence-electron chi connectivity index (χ0n) is 13.4. The number of fused-ring (bicyclic) bond motifs is 1. The minimum Gasteiger partial charge on any atom is -0.486 e. The second kappa shape index (κ2) is 6.96. The summed E-state index contributed by atoms with van der Waals surface area (Å²) in [7, 11) is -2.39. The molecule has 3 rings (SSSR count). The van der Waals surface area contributed by atoms with E-state index in [1.165, 1.54) is 19.2 Å². The fourth-order valence-corrected chi connectivity index (χ4v) is 3.69. The minimum atomic E-state index is -3.79. The fraction of sp³-hybridized carbons (Fsp3) is 0.533. The molecule has 2 aliphatic rings. The van der Waals surface area contributed by atoms with E-state index in [1.54, 1.807) is 11.0 Å². The van der Waals surface area contributed by atoms with Gasteiger partial charge in [0.05, 0.1) is 24.7 Å². The first kappa shape index (κ1) is 17.0. The SMILES string of the molecule is CN(CC(=O)N1CCOCC1)S(=O)(=O)c1ccc2c(c1)OCCO2. The van der Waals surface area contributed by atoms with Crippen molar-refractivity contribution in [2.75, 3.05) is 53.1 Å². The minimum absolute atomic E-state index is 0.0732. The van der Waals surface area contributed by atoms with Crippen LogP contribution in [0.3, 0.4) is 0 Å². The lowest BCUT2D eigenvalue weighted by molar-refractivity contribution is -0.135. The Morgan fingerprint density at radius 1 is 1.12 bits per heavy atom. The van der Waals surface area contributed by atoms with E-state index in [1.807, 2.05) is 0 Å². The molecule has 0 aliphatic carbocycles. The smallest absolute Gasteiger partial charge is 0.243 e. The van der Waals surface area contributed by atoms with Crippen LogP contribution in [0.1, 0.15) is 0 Å². The van der Waals surface area contributed by atoms with Crippen molar-refractivity contribution in [2.24, 2.45) is 0 Å². The van der Waals surface area contributed by atoms with Crippen LogP contribution in [0, 0.1) is 0 Å². The molecular formula is C15H20N2O6S. The molecule has 132 valence electrons. The van der Waals surface area contributed by atoms with Crippen LogP contribution in [-0.4, -0.2) is 76.6 Å². The Bertz CT molecular complexity index is 715. The van der Waals surface area contributed by atoms with Gasteiger partial charge in [-0.1, -0.05) is 0 Å². The summed E-state index contributed by atoms with van der Waals surface area (Å²) in [5.74, 6) is 0.685. The van der Waals surface area contributed by atoms with Crippen molar-refractivity contribution in [1.82, 2.24) is 9.21 Å². The van der Waals surface area contributed by atoms with E-state index >= 15 is 0 Å². The van der Waals surface area contributed by atoms with Gasteiger partial charge >= 0.3 is 0 Å². The number of amides is 1. The van der Waals surface area contributed by atoms with Crippen LogP contribution in [0.15, 0.2) is 23.1 Å². The molecule has 24 heavy (non-hydrogen) atoms. The van der Waals surface area contributed by atoms with Crippen LogP contribution in [0.25, 0.3) is 0 Å². The summed E-state index contributed by atoms with van der Waals surface area (Å²) in [6.07, 6.45) is 0. The Kier molecular flexibility index (Phi) is 4.93. The van der Waals surface area contributed by atoms with Gasteiger partial charge in [0.25, 0.3) is 0 Å². The third kappa shape index (κ3) is 3.47. The van der Waals surface area contributed by atoms with Crippen molar-refractivity contribution in [2.45, 2.75) is 4.90 Å². The molecule has 0 aromatic heterocycles. The molecule has 2 aliphatic heterocycles. The van der Waals surface area contributed by atoms with Gasteiger partial charge in [-0.25, -0.2) is 8.42 Å². The largest absolute Gasteiger partial charge is 0.486 e. The van der Waals surface area contributed by atoms with Gasteiger partial charge < -0.3 is 19.1 Å². The number of rotatable bonds is 4. The molecular weight excluding hydrogens is 336 g/mol. The summed E-state index contributed by atoms with van der Waals surface area (Å²) in [5, 5.41) is 0. The summed E-state index contributed by atoms with van der Waals surface area (Å²) >= 11 is 0. The average Bonchev–Trinajstić information content (AvgIpc) is 2.61. The number of carbonyl (C=O) groups excluding carboxylic acids is 1. The first-order valence-corrected chi connectivity index (χ1v) is 9.14. The number of hydrogen-bond donors (Lipinski definition) is 0. The number of sulfonamides is 1. The van der Waals surface area contributed by atoms with Crippen LogP contribution < -0.4 is 9.47 Å². The zero-order chi connectivity index (χ0) is 17.2. The molecule has 1 aromatic rings. The molecule has 9 heteroatoms. The van der Waals surface area contributed by atoms with Crippen LogP contribution in [0.4, 0.5) is 0 Å². The van der Waals surface area contributed by atoms with E-state index in [0.29, 0.717) is 51.0 Å². The average molecular weight is 356 g/mol. The second-order valence-electron chi connectivity index (χ2n) is 5.56. The molecule has 2 heterocycles. The van der Waals surface area contributed by atoms with Gasteiger partial charge in [0, 0.05) is 26.2 Å². The maximum Gasteiger partial charge on any atom is 0.243 e. The molecule has 0 spiro atoms. The molecule has 8 nitrogen and oxygen atoms in total. The third-order valence-electron chi connectivity index (χ3n) is 3.94. The highest BCUT2D eigenvalue weighted by atomic mass is 32.2. The van der Waals surface area contributed by atoms with Crippen molar-refractivity contribution >= 4 is 15.9 Å². The summed E-state index contributed by atoms with van der Waals surface area (Å²) < 4.78 is 42.4. The van der Waals surface area contributed by atoms with Gasteiger partial charge in [-0.2, -0.15) is 4.31 Å². The van der Waals surface area contributed by atoms with E-state index in [9.17, 15) is 13.2 Å². The van der Waals surface area contributed by atoms with E-state index in [0.717, 1.165) is 4.31 Å². The Morgan fingerprint density at radius 2 is 1.79 bits per heavy atom. The van der Waals surface area contributed by atoms with E-state index < -0.39 is 10.0 Å². The number of nitrogens with zero attached hydrogens (tertiary/aromatic N) is 2. The van der Waals surface area contributed by atoms with Crippen molar-refractivity contribution in [1.29, 1.82) is 0 Å². The molecule has 0 atom stereocenters. The topological polar surface area (TPSA) is 85.4 Å². The zero-order valence-corrected chi connectivity index (χ0v) is 14.3. The van der Waals surface area contributed by atoms with E-state index in [4.69, 9.17) is 14.2 Å². The van der Waals surface area contributed by atoms with E-state index in [-0.39, 0.29) is 17.3 Å². The van der Waals surface area contributed by atoms with Gasteiger partial charge in [-0.15, -0.1) is 0 Å². The van der Waals surface area contributed by atoms with Gasteiger partial charge in [-0.3, -0.25) is 4.79 Å². The van der Waals surface area contributed by atoms with Gasteiger partial charge in [0.1, 0.15) is 13.2 Å². The molecule has 0 saturated carbocycles. The molecule has 0 unspecified atom stereocenters. The van der Waals surface area contributed by atoms with Gasteiger partial charge in [0.15, 0.2) is 11.5 Å². The summed E-state index contributed by atoms with van der Waals surface area (Å²) in [5.41, 5.74) is 0. The van der Waals surface area contributed by atoms with Crippen LogP contribution >= 0.6 is 0 Å². The van der Waals surface area contributed by atoms with Crippen molar-refractivity contribution in [3.63, 3.8) is 0 Å². The normalized spacial score (nSPS) is 17.8. The molecule has 1 amide bonds. The molecule has 1 aromatic carbocycles. The van der Waals surface area contributed by atoms with Gasteiger partial charge in [-0.05, 0) is 12.1 Å². The fourth-order valence-electron chi connectivity index (χ4n) is 2.55. The van der Waals surface area contributed by atoms with Crippen LogP contribution in [-0.2, 0) is 19.6 Å². The highest BCUT2D eigenvalue weighted by Gasteiger charge is 2.27. The first-order valence-electron chi connectivity index (χ1n) is 7.70. The van der Waals surface area contributed by atoms with Crippen molar-refractivity contribution in [3.8, 4) is 11.5 Å². The second-order valence-corrected chi connectivity index (χ2v) is 7.60. The van der Waals surface area contributed by atoms with Crippen molar-refractivity contribution in [3.05, 3.63) is 18.2 Å². The Labute approximate surface area is 140 Å². The third-order valence-corrected chi connectivity index (χ3v) is 5.74. The first-order chi connectivity index (χ1) is 11.5. The van der Waals surface area contributed by atoms with Crippen LogP contribution in [0.5, 0.6) is 11.5 Å². The lowest BCUT2D eigenvalue weighted by Crippen LogP contribution is -2.46. The predicted octanol–water partition coefficient (Wildman–Crippen LogP) is -0.0629. The van der Waals surface area contributed by atoms with Crippen LogP contribution in [0.2, 0.25) is 0 Å². The molecule has 1 saturated heterocycles. The van der Waals surface area contributed by atoms with Crippen molar-refractivity contribution < 1.29 is 27.4 Å². The maximum atomic E-state index is 12.7. The van der Waals surface area contributed by atoms with E-state index in [2.05, 4.69) is 0 Å². The Morgan fingerprint density at radius 3 is 2.50 bits per heavy atom. The lowest BCUT2D eigenvalue weighted by atomic mass is 10.3. The standard InChI is InChI=1S/C15H20N2O6S/c1-16(11-15(18)17-4-6-21-7-5-17)24(19,20)12-2-3-13-14(10-12)23-9-8-22-13/h2-3,10H,4-9,11H2,1H3. The Hall–Kier alpha value is -1.84. The quantitative estimate of drug-likeness (QED) is 0.751. The highest BCUT2D eigenvalue weighted by molar-refractivity contribution is 7.89. The monoisotopic (exact) mass is 356 g/mol. The molecule has 0 N–H and O–H groups in total. The number of benzene rings is 1. The highest BCUT2D eigenvalue weighted by Crippen LogP contribution is 2.32. The predicted molar refractivity (Wildman–Crippen MR) is 84.6 cm³/mol. The summed E-state index contributed by atoms with van der Waals surface area (Å²) in [6.45, 7) is 2.52. The number of morpholine rings is 1. The number of ether oxygens (including phenoxy) is 3. The lowest BCUT2D eigenvalue weighted by Gasteiger charge is -2.28. The number of likely N-dealkylation sites (N-methyl/N-ethyl adjacent to an activating group) is 1. The molecule has 1 fully saturated rings. The molecule has 0 radical (unpaired) electrons. The summed E-state index contributed by atoms with van der Waals surface area (Å²) in [4.78, 5) is 13.9. The van der Waals surface area contributed by atoms with Gasteiger partial charge in [0.2, 0.25) is 15.9 Å². The Balaban J connectivity index is 1.73. The number of carbonyl (C=O) groups is 1. The maximum absolute atomic E-state index is 12.7.